The number of hydrogen-bond acceptors (Lipinski definition) is 2. The Labute approximate surface area is 201 Å². The van der Waals surface area contributed by atoms with Gasteiger partial charge in [0.2, 0.25) is 0 Å². The first-order valence-corrected chi connectivity index (χ1v) is 13.6. The average Bonchev–Trinajstić information content (AvgIpc) is 2.75. The molecule has 30 heavy (non-hydrogen) atoms. The van der Waals surface area contributed by atoms with Crippen LogP contribution < -0.4 is 9.47 Å². The molecule has 0 spiro atoms. The van der Waals surface area contributed by atoms with Crippen LogP contribution in [0.3, 0.4) is 0 Å². The van der Waals surface area contributed by atoms with Gasteiger partial charge in [0.1, 0.15) is 11.5 Å². The molecular formula is C26H40Br2O2. The monoisotopic (exact) mass is 542 g/mol. The van der Waals surface area contributed by atoms with Crippen molar-refractivity contribution in [1.29, 1.82) is 0 Å². The highest BCUT2D eigenvalue weighted by Gasteiger charge is 2.10. The Morgan fingerprint density at radius 1 is 0.600 bits per heavy atom. The summed E-state index contributed by atoms with van der Waals surface area (Å²) in [4.78, 5) is 3.74. The molecule has 0 fully saturated rings. The van der Waals surface area contributed by atoms with Crippen molar-refractivity contribution in [3.8, 4) is 11.5 Å². The predicted molar refractivity (Wildman–Crippen MR) is 140 cm³/mol. The van der Waals surface area contributed by atoms with Crippen molar-refractivity contribution in [1.82, 2.24) is 0 Å². The van der Waals surface area contributed by atoms with Gasteiger partial charge in [-0.25, -0.2) is 0 Å². The maximum absolute atomic E-state index is 6.14. The second kappa shape index (κ2) is 19.0. The molecule has 2 nitrogen and oxygen atoms in total. The van der Waals surface area contributed by atoms with Gasteiger partial charge < -0.3 is 9.47 Å². The summed E-state index contributed by atoms with van der Waals surface area (Å²) in [7, 11) is 0. The van der Waals surface area contributed by atoms with Gasteiger partial charge in [-0.3, -0.25) is 0 Å². The third-order valence-corrected chi connectivity index (χ3v) is 5.67. The van der Waals surface area contributed by atoms with Crippen LogP contribution in [-0.2, 0) is 0 Å². The summed E-state index contributed by atoms with van der Waals surface area (Å²) in [6, 6.07) is 4.18. The zero-order valence-electron chi connectivity index (χ0n) is 18.9. The third kappa shape index (κ3) is 12.2. The molecule has 0 aliphatic rings. The van der Waals surface area contributed by atoms with Crippen LogP contribution in [0.1, 0.15) is 102 Å². The fraction of sp³-hybridized carbons (Fsp3) is 0.615. The fourth-order valence-electron chi connectivity index (χ4n) is 3.37. The number of rotatable bonds is 18. The first kappa shape index (κ1) is 27.3. The number of unbranched alkanes of at least 4 members (excludes halogenated alkanes) is 10. The summed E-state index contributed by atoms with van der Waals surface area (Å²) in [5, 5.41) is 0. The van der Waals surface area contributed by atoms with E-state index in [9.17, 15) is 0 Å². The number of halogens is 2. The van der Waals surface area contributed by atoms with E-state index in [2.05, 4.69) is 57.8 Å². The maximum Gasteiger partial charge on any atom is 0.127 e. The van der Waals surface area contributed by atoms with Crippen LogP contribution in [0.5, 0.6) is 11.5 Å². The Kier molecular flexibility index (Phi) is 17.3. The van der Waals surface area contributed by atoms with E-state index >= 15 is 0 Å². The van der Waals surface area contributed by atoms with Crippen molar-refractivity contribution in [2.75, 3.05) is 13.2 Å². The lowest BCUT2D eigenvalue weighted by atomic mass is 10.1. The fourth-order valence-corrected chi connectivity index (χ4v) is 3.94. The average molecular weight is 544 g/mol. The second-order valence-corrected chi connectivity index (χ2v) is 8.80. The van der Waals surface area contributed by atoms with Gasteiger partial charge in [0, 0.05) is 11.1 Å². The first-order chi connectivity index (χ1) is 14.8. The molecule has 1 rings (SSSR count). The number of ether oxygens (including phenoxy) is 2. The molecule has 0 radical (unpaired) electrons. The molecule has 0 saturated heterocycles. The molecule has 1 aromatic rings. The minimum atomic E-state index is 0.755. The highest BCUT2D eigenvalue weighted by Crippen LogP contribution is 2.32. The Balaban J connectivity index is 2.65. The topological polar surface area (TPSA) is 18.5 Å². The van der Waals surface area contributed by atoms with Gasteiger partial charge in [-0.2, -0.15) is 0 Å². The molecular weight excluding hydrogens is 504 g/mol. The van der Waals surface area contributed by atoms with E-state index in [1.807, 2.05) is 22.1 Å². The summed E-state index contributed by atoms with van der Waals surface area (Å²) in [5.74, 6) is 1.82. The first-order valence-electron chi connectivity index (χ1n) is 11.7. The van der Waals surface area contributed by atoms with E-state index in [-0.39, 0.29) is 0 Å². The van der Waals surface area contributed by atoms with Crippen molar-refractivity contribution in [3.63, 3.8) is 0 Å². The van der Waals surface area contributed by atoms with E-state index in [0.717, 1.165) is 48.7 Å². The highest BCUT2D eigenvalue weighted by atomic mass is 79.9. The molecule has 0 aliphatic carbocycles. The molecule has 0 aromatic heterocycles. The second-order valence-electron chi connectivity index (χ2n) is 7.75. The lowest BCUT2D eigenvalue weighted by Crippen LogP contribution is -2.03. The number of benzene rings is 1. The van der Waals surface area contributed by atoms with Crippen molar-refractivity contribution >= 4 is 44.0 Å². The molecule has 170 valence electrons. The van der Waals surface area contributed by atoms with E-state index < -0.39 is 0 Å². The summed E-state index contributed by atoms with van der Waals surface area (Å²) >= 11 is 6.81. The summed E-state index contributed by atoms with van der Waals surface area (Å²) in [6.45, 7) is 6.01. The predicted octanol–water partition coefficient (Wildman–Crippen LogP) is 9.90. The maximum atomic E-state index is 6.14. The van der Waals surface area contributed by atoms with Crippen LogP contribution in [-0.4, -0.2) is 13.2 Å². The molecule has 4 heteroatoms. The van der Waals surface area contributed by atoms with E-state index in [0.29, 0.717) is 0 Å². The standard InChI is InChI=1S/C26H40Br2O2/c1-3-5-7-9-11-13-19-29-25-21-24(16-18-28)26(22-23(25)15-17-27)30-20-14-12-10-8-6-4-2/h15-18,21-22H,3-14,19-20H2,1-2H3/b17-15-,18-16-. The van der Waals surface area contributed by atoms with Crippen LogP contribution >= 0.6 is 31.9 Å². The zero-order valence-corrected chi connectivity index (χ0v) is 22.1. The Morgan fingerprint density at radius 2 is 0.967 bits per heavy atom. The van der Waals surface area contributed by atoms with Gasteiger partial charge in [-0.05, 0) is 47.1 Å². The van der Waals surface area contributed by atoms with E-state index in [4.69, 9.17) is 9.47 Å². The largest absolute Gasteiger partial charge is 0.493 e. The molecule has 0 atom stereocenters. The van der Waals surface area contributed by atoms with Crippen LogP contribution in [0, 0.1) is 0 Å². The number of hydrogen-bond donors (Lipinski definition) is 0. The normalized spacial score (nSPS) is 11.6. The van der Waals surface area contributed by atoms with Crippen molar-refractivity contribution in [2.24, 2.45) is 0 Å². The minimum absolute atomic E-state index is 0.755. The molecule has 0 bridgehead atoms. The lowest BCUT2D eigenvalue weighted by molar-refractivity contribution is 0.295. The molecule has 1 aromatic carbocycles. The summed E-state index contributed by atoms with van der Waals surface area (Å²) in [6.07, 6.45) is 19.2. The van der Waals surface area contributed by atoms with Gasteiger partial charge in [-0.15, -0.1) is 0 Å². The van der Waals surface area contributed by atoms with E-state index in [1.54, 1.807) is 0 Å². The molecule has 0 heterocycles. The van der Waals surface area contributed by atoms with Crippen molar-refractivity contribution in [3.05, 3.63) is 33.2 Å². The van der Waals surface area contributed by atoms with Gasteiger partial charge >= 0.3 is 0 Å². The quantitative estimate of drug-likeness (QED) is 0.171. The Morgan fingerprint density at radius 3 is 1.33 bits per heavy atom. The third-order valence-electron chi connectivity index (χ3n) is 5.14. The molecule has 0 unspecified atom stereocenters. The molecule has 0 saturated carbocycles. The minimum Gasteiger partial charge on any atom is -0.493 e. The SMILES string of the molecule is CCCCCCCCOc1cc(/C=C\Br)c(OCCCCCCCC)cc1/C=C\Br. The van der Waals surface area contributed by atoms with Crippen LogP contribution in [0.15, 0.2) is 22.1 Å². The molecule has 0 aliphatic heterocycles. The summed E-state index contributed by atoms with van der Waals surface area (Å²) < 4.78 is 12.3. The molecule has 0 amide bonds. The van der Waals surface area contributed by atoms with E-state index in [1.165, 1.54) is 64.2 Å². The smallest absolute Gasteiger partial charge is 0.127 e. The van der Waals surface area contributed by atoms with Crippen molar-refractivity contribution in [2.45, 2.75) is 90.9 Å². The van der Waals surface area contributed by atoms with Gasteiger partial charge in [0.15, 0.2) is 0 Å². The van der Waals surface area contributed by atoms with Gasteiger partial charge in [0.25, 0.3) is 0 Å². The zero-order chi connectivity index (χ0) is 21.9. The van der Waals surface area contributed by atoms with Gasteiger partial charge in [0.05, 0.1) is 13.2 Å². The lowest BCUT2D eigenvalue weighted by Gasteiger charge is -2.15. The highest BCUT2D eigenvalue weighted by molar-refractivity contribution is 9.11. The van der Waals surface area contributed by atoms with Crippen LogP contribution in [0.2, 0.25) is 0 Å². The Bertz CT molecular complexity index is 558. The van der Waals surface area contributed by atoms with Crippen LogP contribution in [0.4, 0.5) is 0 Å². The summed E-state index contributed by atoms with van der Waals surface area (Å²) in [5.41, 5.74) is 2.09. The van der Waals surface area contributed by atoms with Crippen LogP contribution in [0.25, 0.3) is 12.2 Å². The Hall–Kier alpha value is -0.740. The van der Waals surface area contributed by atoms with Gasteiger partial charge in [-0.1, -0.05) is 110 Å². The molecule has 0 N–H and O–H groups in total. The van der Waals surface area contributed by atoms with Crippen molar-refractivity contribution < 1.29 is 9.47 Å².